The number of aryl methyl sites for hydroxylation is 1. The van der Waals surface area contributed by atoms with E-state index in [1.54, 1.807) is 30.0 Å². The molecule has 2 aliphatic heterocycles. The number of nitrogens with one attached hydrogen (secondary N) is 3. The molecule has 0 aliphatic carbocycles. The Bertz CT molecular complexity index is 1060. The smallest absolute Gasteiger partial charge is 0.255 e. The molecule has 1 spiro atoms. The van der Waals surface area contributed by atoms with Gasteiger partial charge >= 0.3 is 0 Å². The second-order valence-electron chi connectivity index (χ2n) is 8.57. The van der Waals surface area contributed by atoms with Crippen LogP contribution in [-0.2, 0) is 16.1 Å². The SMILES string of the molecule is Cc1ccc2c(c1)N[C@]1(CCC(=O)N([C@H](C)C(=O)NCc3ccc(F)cc3)CC1)NC2=O. The number of carbonyl (C=O) groups excluding carboxylic acids is 3. The van der Waals surface area contributed by atoms with Crippen LogP contribution in [0, 0.1) is 12.7 Å². The van der Waals surface area contributed by atoms with Crippen LogP contribution in [-0.4, -0.2) is 40.9 Å². The average Bonchev–Trinajstić information content (AvgIpc) is 2.91. The van der Waals surface area contributed by atoms with Gasteiger partial charge in [-0.15, -0.1) is 0 Å². The first-order valence-corrected chi connectivity index (χ1v) is 10.8. The molecule has 8 heteroatoms. The average molecular weight is 439 g/mol. The van der Waals surface area contributed by atoms with Gasteiger partial charge in [-0.2, -0.15) is 0 Å². The van der Waals surface area contributed by atoms with Crippen LogP contribution in [0.2, 0.25) is 0 Å². The van der Waals surface area contributed by atoms with Crippen molar-refractivity contribution in [2.45, 2.75) is 51.4 Å². The molecule has 0 radical (unpaired) electrons. The predicted octanol–water partition coefficient (Wildman–Crippen LogP) is 2.70. The minimum absolute atomic E-state index is 0.127. The van der Waals surface area contributed by atoms with Crippen molar-refractivity contribution in [3.05, 3.63) is 65.0 Å². The van der Waals surface area contributed by atoms with E-state index < -0.39 is 11.7 Å². The first kappa shape index (κ1) is 21.8. The number of rotatable bonds is 4. The Labute approximate surface area is 186 Å². The number of anilines is 1. The summed E-state index contributed by atoms with van der Waals surface area (Å²) >= 11 is 0. The van der Waals surface area contributed by atoms with Crippen molar-refractivity contribution in [2.24, 2.45) is 0 Å². The van der Waals surface area contributed by atoms with Gasteiger partial charge in [-0.05, 0) is 55.7 Å². The van der Waals surface area contributed by atoms with E-state index in [0.717, 1.165) is 16.8 Å². The van der Waals surface area contributed by atoms with Gasteiger partial charge in [0.15, 0.2) is 0 Å². The molecule has 2 aromatic rings. The number of carbonyl (C=O) groups is 3. The summed E-state index contributed by atoms with van der Waals surface area (Å²) in [5, 5.41) is 9.30. The van der Waals surface area contributed by atoms with Gasteiger partial charge < -0.3 is 20.9 Å². The molecule has 7 nitrogen and oxygen atoms in total. The van der Waals surface area contributed by atoms with Gasteiger partial charge in [0.1, 0.15) is 17.5 Å². The quantitative estimate of drug-likeness (QED) is 0.685. The number of nitrogens with zero attached hydrogens (tertiary/aromatic N) is 1. The minimum Gasteiger partial charge on any atom is -0.362 e. The topological polar surface area (TPSA) is 90.5 Å². The van der Waals surface area contributed by atoms with Gasteiger partial charge in [0.25, 0.3) is 5.91 Å². The highest BCUT2D eigenvalue weighted by Crippen LogP contribution is 2.32. The highest BCUT2D eigenvalue weighted by atomic mass is 19.1. The molecule has 2 aromatic carbocycles. The Morgan fingerprint density at radius 2 is 1.91 bits per heavy atom. The number of hydrogen-bond acceptors (Lipinski definition) is 4. The molecule has 1 fully saturated rings. The molecule has 3 amide bonds. The van der Waals surface area contributed by atoms with E-state index in [1.807, 2.05) is 19.1 Å². The summed E-state index contributed by atoms with van der Waals surface area (Å²) in [6.45, 7) is 4.24. The van der Waals surface area contributed by atoms with Crippen LogP contribution in [0.4, 0.5) is 10.1 Å². The van der Waals surface area contributed by atoms with E-state index in [0.29, 0.717) is 24.9 Å². The van der Waals surface area contributed by atoms with E-state index in [2.05, 4.69) is 16.0 Å². The fourth-order valence-electron chi connectivity index (χ4n) is 4.30. The zero-order valence-electron chi connectivity index (χ0n) is 18.2. The number of hydrogen-bond donors (Lipinski definition) is 3. The molecular weight excluding hydrogens is 411 g/mol. The molecule has 2 atom stereocenters. The number of halogens is 1. The standard InChI is InChI=1S/C24H27FN4O3/c1-15-3-8-19-20(13-15)27-24(28-23(19)32)10-9-21(30)29(12-11-24)16(2)22(31)26-14-17-4-6-18(25)7-5-17/h3-8,13,16,27H,9-12,14H2,1-2H3,(H,26,31)(H,28,32)/t16-,24-/m1/s1. The van der Waals surface area contributed by atoms with Gasteiger partial charge in [0.05, 0.1) is 5.56 Å². The maximum Gasteiger partial charge on any atom is 0.255 e. The van der Waals surface area contributed by atoms with Crippen molar-refractivity contribution >= 4 is 23.4 Å². The minimum atomic E-state index is -0.730. The van der Waals surface area contributed by atoms with Crippen molar-refractivity contribution in [1.29, 1.82) is 0 Å². The van der Waals surface area contributed by atoms with Crippen LogP contribution in [0.3, 0.4) is 0 Å². The predicted molar refractivity (Wildman–Crippen MR) is 118 cm³/mol. The van der Waals surface area contributed by atoms with Crippen LogP contribution in [0.5, 0.6) is 0 Å². The molecular formula is C24H27FN4O3. The second-order valence-corrected chi connectivity index (χ2v) is 8.57. The van der Waals surface area contributed by atoms with E-state index in [-0.39, 0.29) is 36.5 Å². The Kier molecular flexibility index (Phi) is 5.86. The molecule has 2 aliphatic rings. The maximum absolute atomic E-state index is 13.1. The summed E-state index contributed by atoms with van der Waals surface area (Å²) in [6, 6.07) is 10.9. The molecule has 0 unspecified atom stereocenters. The Morgan fingerprint density at radius 1 is 1.16 bits per heavy atom. The zero-order valence-corrected chi connectivity index (χ0v) is 18.2. The molecule has 0 saturated carbocycles. The van der Waals surface area contributed by atoms with Crippen molar-refractivity contribution in [3.63, 3.8) is 0 Å². The third-order valence-electron chi connectivity index (χ3n) is 6.24. The molecule has 2 heterocycles. The molecule has 0 aromatic heterocycles. The number of fused-ring (bicyclic) bond motifs is 1. The summed E-state index contributed by atoms with van der Waals surface area (Å²) in [5.41, 5.74) is 2.43. The molecule has 168 valence electrons. The Morgan fingerprint density at radius 3 is 2.66 bits per heavy atom. The first-order chi connectivity index (χ1) is 15.3. The fourth-order valence-corrected chi connectivity index (χ4v) is 4.30. The third kappa shape index (κ3) is 4.44. The van der Waals surface area contributed by atoms with Crippen molar-refractivity contribution in [2.75, 3.05) is 11.9 Å². The van der Waals surface area contributed by atoms with E-state index in [4.69, 9.17) is 0 Å². The van der Waals surface area contributed by atoms with E-state index in [1.165, 1.54) is 12.1 Å². The van der Waals surface area contributed by atoms with E-state index in [9.17, 15) is 18.8 Å². The van der Waals surface area contributed by atoms with E-state index >= 15 is 0 Å². The summed E-state index contributed by atoms with van der Waals surface area (Å²) < 4.78 is 13.1. The third-order valence-corrected chi connectivity index (χ3v) is 6.24. The molecule has 0 bridgehead atoms. The Balaban J connectivity index is 1.42. The molecule has 3 N–H and O–H groups in total. The lowest BCUT2D eigenvalue weighted by molar-refractivity contribution is -0.139. The number of benzene rings is 2. The largest absolute Gasteiger partial charge is 0.362 e. The highest BCUT2D eigenvalue weighted by molar-refractivity contribution is 6.02. The molecule has 32 heavy (non-hydrogen) atoms. The second kappa shape index (κ2) is 8.61. The van der Waals surface area contributed by atoms with Crippen LogP contribution in [0.1, 0.15) is 47.7 Å². The summed E-state index contributed by atoms with van der Waals surface area (Å²) in [7, 11) is 0. The number of amides is 3. The van der Waals surface area contributed by atoms with Gasteiger partial charge in [-0.3, -0.25) is 14.4 Å². The highest BCUT2D eigenvalue weighted by Gasteiger charge is 2.41. The molecule has 1 saturated heterocycles. The summed E-state index contributed by atoms with van der Waals surface area (Å²) in [5.74, 6) is -0.902. The van der Waals surface area contributed by atoms with Gasteiger partial charge in [-0.1, -0.05) is 18.2 Å². The number of likely N-dealkylation sites (tertiary alicyclic amines) is 1. The lowest BCUT2D eigenvalue weighted by Crippen LogP contribution is -2.58. The van der Waals surface area contributed by atoms with Gasteiger partial charge in [0.2, 0.25) is 11.8 Å². The molecule has 4 rings (SSSR count). The van der Waals surface area contributed by atoms with Crippen LogP contribution < -0.4 is 16.0 Å². The van der Waals surface area contributed by atoms with Gasteiger partial charge in [-0.25, -0.2) is 4.39 Å². The maximum atomic E-state index is 13.1. The van der Waals surface area contributed by atoms with Crippen LogP contribution in [0.25, 0.3) is 0 Å². The lowest BCUT2D eigenvalue weighted by Gasteiger charge is -2.40. The van der Waals surface area contributed by atoms with Crippen LogP contribution in [0.15, 0.2) is 42.5 Å². The fraction of sp³-hybridized carbons (Fsp3) is 0.375. The first-order valence-electron chi connectivity index (χ1n) is 10.8. The summed E-state index contributed by atoms with van der Waals surface area (Å²) in [4.78, 5) is 39.8. The van der Waals surface area contributed by atoms with Crippen molar-refractivity contribution in [1.82, 2.24) is 15.5 Å². The normalized spacial score (nSPS) is 21.3. The Hall–Kier alpha value is -3.42. The van der Waals surface area contributed by atoms with Crippen molar-refractivity contribution < 1.29 is 18.8 Å². The van der Waals surface area contributed by atoms with Gasteiger partial charge in [0, 0.05) is 31.6 Å². The monoisotopic (exact) mass is 438 g/mol. The van der Waals surface area contributed by atoms with Crippen molar-refractivity contribution in [3.8, 4) is 0 Å². The van der Waals surface area contributed by atoms with Crippen LogP contribution >= 0.6 is 0 Å². The lowest BCUT2D eigenvalue weighted by atomic mass is 9.94. The summed E-state index contributed by atoms with van der Waals surface area (Å²) in [6.07, 6.45) is 1.13. The zero-order chi connectivity index (χ0) is 22.9.